The molecule has 20 heavy (non-hydrogen) atoms. The minimum atomic E-state index is -0.506. The third-order valence-electron chi connectivity index (χ3n) is 2.92. The van der Waals surface area contributed by atoms with Crippen molar-refractivity contribution in [2.24, 2.45) is 13.0 Å². The number of aromatic nitrogens is 2. The number of aryl methyl sites for hydroxylation is 2. The molecule has 0 saturated carbocycles. The van der Waals surface area contributed by atoms with E-state index in [0.29, 0.717) is 6.54 Å². The summed E-state index contributed by atoms with van der Waals surface area (Å²) in [5.41, 5.74) is 0.605. The number of carbonyl (C=O) groups excluding carboxylic acids is 1. The summed E-state index contributed by atoms with van der Waals surface area (Å²) < 4.78 is 6.97. The highest BCUT2D eigenvalue weighted by Crippen LogP contribution is 2.10. The topological polar surface area (TPSA) is 76.4 Å². The lowest BCUT2D eigenvalue weighted by Crippen LogP contribution is -2.36. The van der Waals surface area contributed by atoms with Crippen LogP contribution in [0.1, 0.15) is 32.9 Å². The number of hydrogen-bond donors (Lipinski definition) is 2. The van der Waals surface area contributed by atoms with Gasteiger partial charge in [0.25, 0.3) is 0 Å². The lowest BCUT2D eigenvalue weighted by molar-refractivity contribution is 0.0511. The molecule has 6 heteroatoms. The van der Waals surface area contributed by atoms with Crippen molar-refractivity contribution >= 4 is 6.09 Å². The zero-order valence-corrected chi connectivity index (χ0v) is 12.7. The molecule has 0 aromatic carbocycles. The lowest BCUT2D eigenvalue weighted by Gasteiger charge is -2.21. The van der Waals surface area contributed by atoms with Gasteiger partial charge in [0.05, 0.1) is 0 Å². The molecule has 0 spiro atoms. The van der Waals surface area contributed by atoms with Crippen molar-refractivity contribution in [3.8, 4) is 0 Å². The van der Waals surface area contributed by atoms with E-state index in [9.17, 15) is 9.90 Å². The number of alkyl carbamates (subject to hydrolysis) is 1. The van der Waals surface area contributed by atoms with Crippen LogP contribution in [0.2, 0.25) is 0 Å². The number of ether oxygens (including phenoxy) is 1. The van der Waals surface area contributed by atoms with E-state index >= 15 is 0 Å². The van der Waals surface area contributed by atoms with Gasteiger partial charge in [0.2, 0.25) is 0 Å². The van der Waals surface area contributed by atoms with Crippen LogP contribution in [0.4, 0.5) is 4.79 Å². The van der Waals surface area contributed by atoms with E-state index in [2.05, 4.69) is 10.4 Å². The van der Waals surface area contributed by atoms with E-state index in [4.69, 9.17) is 4.74 Å². The summed E-state index contributed by atoms with van der Waals surface area (Å²) in [7, 11) is 1.89. The highest BCUT2D eigenvalue weighted by molar-refractivity contribution is 5.67. The Morgan fingerprint density at radius 1 is 1.55 bits per heavy atom. The Balaban J connectivity index is 2.33. The maximum Gasteiger partial charge on any atom is 0.407 e. The predicted molar refractivity (Wildman–Crippen MR) is 76.3 cm³/mol. The molecule has 6 nitrogen and oxygen atoms in total. The van der Waals surface area contributed by atoms with Gasteiger partial charge in [-0.2, -0.15) is 5.10 Å². The second-order valence-electron chi connectivity index (χ2n) is 5.92. The zero-order chi connectivity index (χ0) is 15.2. The number of nitrogens with one attached hydrogen (secondary N) is 1. The Hall–Kier alpha value is -1.56. The molecule has 0 radical (unpaired) electrons. The molecule has 2 N–H and O–H groups in total. The number of carbonyl (C=O) groups is 1. The summed E-state index contributed by atoms with van der Waals surface area (Å²) in [5, 5.41) is 16.1. The van der Waals surface area contributed by atoms with Crippen molar-refractivity contribution in [3.05, 3.63) is 18.0 Å². The lowest BCUT2D eigenvalue weighted by atomic mass is 10.0. The molecule has 1 aromatic rings. The standard InChI is InChI=1S/C14H25N3O3/c1-14(2,3)20-13(19)15-9-11(10-18)5-6-12-7-8-16-17(12)4/h7-8,11,18H,5-6,9-10H2,1-4H3,(H,15,19). The van der Waals surface area contributed by atoms with Gasteiger partial charge in [0.15, 0.2) is 0 Å². The molecule has 0 aliphatic carbocycles. The largest absolute Gasteiger partial charge is 0.444 e. The van der Waals surface area contributed by atoms with Gasteiger partial charge >= 0.3 is 6.09 Å². The molecular weight excluding hydrogens is 258 g/mol. The van der Waals surface area contributed by atoms with Gasteiger partial charge in [0, 0.05) is 32.1 Å². The van der Waals surface area contributed by atoms with E-state index in [1.54, 1.807) is 6.20 Å². The molecular formula is C14H25N3O3. The van der Waals surface area contributed by atoms with Crippen LogP contribution in [0.5, 0.6) is 0 Å². The van der Waals surface area contributed by atoms with E-state index < -0.39 is 11.7 Å². The number of aliphatic hydroxyl groups is 1. The van der Waals surface area contributed by atoms with Crippen LogP contribution in [0.25, 0.3) is 0 Å². The highest BCUT2D eigenvalue weighted by Gasteiger charge is 2.17. The first kappa shape index (κ1) is 16.5. The Labute approximate surface area is 120 Å². The molecule has 0 aliphatic heterocycles. The first-order chi connectivity index (χ1) is 9.31. The zero-order valence-electron chi connectivity index (χ0n) is 12.7. The van der Waals surface area contributed by atoms with Gasteiger partial charge in [-0.3, -0.25) is 4.68 Å². The Bertz CT molecular complexity index is 424. The van der Waals surface area contributed by atoms with Crippen LogP contribution in [0.15, 0.2) is 12.3 Å². The normalized spacial score (nSPS) is 13.1. The third kappa shape index (κ3) is 6.06. The molecule has 1 atom stereocenters. The molecule has 1 heterocycles. The maximum atomic E-state index is 11.5. The summed E-state index contributed by atoms with van der Waals surface area (Å²) in [5.74, 6) is 0.0115. The van der Waals surface area contributed by atoms with Crippen LogP contribution in [-0.2, 0) is 18.2 Å². The summed E-state index contributed by atoms with van der Waals surface area (Å²) in [6.07, 6.45) is 2.91. The fourth-order valence-corrected chi connectivity index (χ4v) is 1.80. The first-order valence-electron chi connectivity index (χ1n) is 6.86. The van der Waals surface area contributed by atoms with Crippen molar-refractivity contribution in [1.29, 1.82) is 0 Å². The van der Waals surface area contributed by atoms with Crippen molar-refractivity contribution < 1.29 is 14.6 Å². The highest BCUT2D eigenvalue weighted by atomic mass is 16.6. The molecule has 0 fully saturated rings. The van der Waals surface area contributed by atoms with Crippen molar-refractivity contribution in [2.45, 2.75) is 39.2 Å². The van der Waals surface area contributed by atoms with Gasteiger partial charge in [-0.15, -0.1) is 0 Å². The smallest absolute Gasteiger partial charge is 0.407 e. The van der Waals surface area contributed by atoms with Crippen molar-refractivity contribution in [3.63, 3.8) is 0 Å². The van der Waals surface area contributed by atoms with Crippen molar-refractivity contribution in [1.82, 2.24) is 15.1 Å². The van der Waals surface area contributed by atoms with Gasteiger partial charge in [-0.1, -0.05) is 0 Å². The van der Waals surface area contributed by atoms with E-state index in [0.717, 1.165) is 18.5 Å². The molecule has 114 valence electrons. The van der Waals surface area contributed by atoms with Crippen molar-refractivity contribution in [2.75, 3.05) is 13.2 Å². The third-order valence-corrected chi connectivity index (χ3v) is 2.92. The molecule has 0 bridgehead atoms. The van der Waals surface area contributed by atoms with Crippen LogP contribution in [-0.4, -0.2) is 39.7 Å². The summed E-state index contributed by atoms with van der Waals surface area (Å²) >= 11 is 0. The second-order valence-corrected chi connectivity index (χ2v) is 5.92. The number of nitrogens with zero attached hydrogens (tertiary/aromatic N) is 2. The van der Waals surface area contributed by atoms with E-state index in [1.165, 1.54) is 0 Å². The SMILES string of the molecule is Cn1nccc1CCC(CO)CNC(=O)OC(C)(C)C. The van der Waals surface area contributed by atoms with Crippen LogP contribution < -0.4 is 5.32 Å². The minimum Gasteiger partial charge on any atom is -0.444 e. The van der Waals surface area contributed by atoms with E-state index in [-0.39, 0.29) is 12.5 Å². The fraction of sp³-hybridized carbons (Fsp3) is 0.714. The monoisotopic (exact) mass is 283 g/mol. The first-order valence-corrected chi connectivity index (χ1v) is 6.86. The van der Waals surface area contributed by atoms with E-state index in [1.807, 2.05) is 38.6 Å². The maximum absolute atomic E-state index is 11.5. The number of aliphatic hydroxyl groups excluding tert-OH is 1. The van der Waals surface area contributed by atoms with Crippen LogP contribution in [0, 0.1) is 5.92 Å². The second kappa shape index (κ2) is 7.28. The average Bonchev–Trinajstić information content (AvgIpc) is 2.73. The fourth-order valence-electron chi connectivity index (χ4n) is 1.80. The summed E-state index contributed by atoms with van der Waals surface area (Å²) in [4.78, 5) is 11.5. The number of hydrogen-bond acceptors (Lipinski definition) is 4. The predicted octanol–water partition coefficient (Wildman–Crippen LogP) is 1.49. The number of amides is 1. The van der Waals surface area contributed by atoms with Gasteiger partial charge in [0.1, 0.15) is 5.60 Å². The molecule has 1 rings (SSSR count). The molecule has 0 saturated heterocycles. The Morgan fingerprint density at radius 2 is 2.25 bits per heavy atom. The molecule has 0 aliphatic rings. The average molecular weight is 283 g/mol. The molecule has 1 amide bonds. The Morgan fingerprint density at radius 3 is 2.75 bits per heavy atom. The van der Waals surface area contributed by atoms with Gasteiger partial charge < -0.3 is 15.2 Å². The quantitative estimate of drug-likeness (QED) is 0.829. The number of rotatable bonds is 6. The molecule has 1 unspecified atom stereocenters. The Kier molecular flexibility index (Phi) is 6.01. The summed E-state index contributed by atoms with van der Waals surface area (Å²) in [6.45, 7) is 5.90. The van der Waals surface area contributed by atoms with Crippen LogP contribution >= 0.6 is 0 Å². The van der Waals surface area contributed by atoms with Crippen LogP contribution in [0.3, 0.4) is 0 Å². The van der Waals surface area contributed by atoms with Gasteiger partial charge in [-0.05, 0) is 45.6 Å². The van der Waals surface area contributed by atoms with Gasteiger partial charge in [-0.25, -0.2) is 4.79 Å². The summed E-state index contributed by atoms with van der Waals surface area (Å²) in [6, 6.07) is 1.95. The molecule has 1 aromatic heterocycles. The minimum absolute atomic E-state index is 0.0115.